The van der Waals surface area contributed by atoms with E-state index in [-0.39, 0.29) is 11.1 Å². The van der Waals surface area contributed by atoms with Crippen LogP contribution in [-0.4, -0.2) is 9.13 Å². The van der Waals surface area contributed by atoms with Crippen LogP contribution in [0.4, 0.5) is 13.2 Å². The van der Waals surface area contributed by atoms with Gasteiger partial charge in [0.25, 0.3) is 0 Å². The minimum atomic E-state index is -4.69. The molecule has 7 heteroatoms. The van der Waals surface area contributed by atoms with Gasteiger partial charge in [0.05, 0.1) is 62.3 Å². The average molecular weight is 631 g/mol. The second kappa shape index (κ2) is 10.6. The Bertz CT molecular complexity index is 2570. The fourth-order valence-corrected chi connectivity index (χ4v) is 7.01. The van der Waals surface area contributed by atoms with Gasteiger partial charge in [-0.25, -0.2) is 0 Å². The highest BCUT2D eigenvalue weighted by molar-refractivity contribution is 6.12. The Balaban J connectivity index is 1.64. The molecule has 0 bridgehead atoms. The molecule has 2 aromatic heterocycles. The molecule has 4 nitrogen and oxygen atoms in total. The summed E-state index contributed by atoms with van der Waals surface area (Å²) in [5.41, 5.74) is 6.44. The monoisotopic (exact) mass is 630 g/mol. The summed E-state index contributed by atoms with van der Waals surface area (Å²) in [4.78, 5) is 0. The van der Waals surface area contributed by atoms with Crippen molar-refractivity contribution in [1.82, 2.24) is 9.13 Å². The fraction of sp³-hybridized carbons (Fsp3) is 0.0732. The first-order chi connectivity index (χ1) is 23.2. The summed E-state index contributed by atoms with van der Waals surface area (Å²) in [5.74, 6) is 0. The molecule has 0 N–H and O–H groups in total. The van der Waals surface area contributed by atoms with Gasteiger partial charge in [-0.05, 0) is 85.1 Å². The van der Waals surface area contributed by atoms with Crippen molar-refractivity contribution in [2.45, 2.75) is 20.0 Å². The molecule has 8 rings (SSSR count). The molecule has 0 unspecified atom stereocenters. The molecule has 0 amide bonds. The van der Waals surface area contributed by atoms with Gasteiger partial charge in [-0.3, -0.25) is 0 Å². The second-order valence-electron chi connectivity index (χ2n) is 12.2. The van der Waals surface area contributed by atoms with E-state index < -0.39 is 11.7 Å². The van der Waals surface area contributed by atoms with Crippen molar-refractivity contribution in [3.8, 4) is 34.6 Å². The van der Waals surface area contributed by atoms with E-state index in [0.717, 1.165) is 66.9 Å². The maximum absolute atomic E-state index is 14.4. The highest BCUT2D eigenvalue weighted by atomic mass is 19.4. The number of nitriles is 2. The van der Waals surface area contributed by atoms with Gasteiger partial charge in [0, 0.05) is 27.1 Å². The van der Waals surface area contributed by atoms with Gasteiger partial charge in [-0.15, -0.1) is 0 Å². The van der Waals surface area contributed by atoms with Crippen LogP contribution in [0.25, 0.3) is 66.1 Å². The maximum Gasteiger partial charge on any atom is 0.416 e. The first-order valence-electron chi connectivity index (χ1n) is 15.4. The molecule has 0 saturated carbocycles. The third kappa shape index (κ3) is 4.44. The third-order valence-corrected chi connectivity index (χ3v) is 9.04. The lowest BCUT2D eigenvalue weighted by molar-refractivity contribution is -0.137. The van der Waals surface area contributed by atoms with Crippen LogP contribution in [0.1, 0.15) is 27.8 Å². The molecule has 48 heavy (non-hydrogen) atoms. The molecule has 230 valence electrons. The van der Waals surface area contributed by atoms with E-state index in [4.69, 9.17) is 0 Å². The second-order valence-corrected chi connectivity index (χ2v) is 12.2. The summed E-state index contributed by atoms with van der Waals surface area (Å²) in [6, 6.07) is 39.2. The van der Waals surface area contributed by atoms with Crippen molar-refractivity contribution < 1.29 is 13.2 Å². The summed E-state index contributed by atoms with van der Waals surface area (Å²) in [7, 11) is 0. The lowest BCUT2D eigenvalue weighted by atomic mass is 9.94. The summed E-state index contributed by atoms with van der Waals surface area (Å²) >= 11 is 0. The zero-order valence-corrected chi connectivity index (χ0v) is 25.9. The van der Waals surface area contributed by atoms with E-state index in [1.165, 1.54) is 6.07 Å². The van der Waals surface area contributed by atoms with Gasteiger partial charge in [-0.1, -0.05) is 60.7 Å². The van der Waals surface area contributed by atoms with Gasteiger partial charge in [0.2, 0.25) is 0 Å². The number of fused-ring (bicyclic) bond motifs is 6. The van der Waals surface area contributed by atoms with Crippen molar-refractivity contribution in [3.05, 3.63) is 143 Å². The number of alkyl halides is 3. The van der Waals surface area contributed by atoms with Gasteiger partial charge < -0.3 is 9.13 Å². The van der Waals surface area contributed by atoms with Crippen LogP contribution < -0.4 is 0 Å². The number of halogens is 3. The van der Waals surface area contributed by atoms with E-state index >= 15 is 0 Å². The van der Waals surface area contributed by atoms with Crippen molar-refractivity contribution in [1.29, 1.82) is 10.5 Å². The topological polar surface area (TPSA) is 57.4 Å². The van der Waals surface area contributed by atoms with E-state index in [0.29, 0.717) is 22.5 Å². The molecular formula is C41H25F3N4. The first-order valence-corrected chi connectivity index (χ1v) is 15.4. The highest BCUT2D eigenvalue weighted by Gasteiger charge is 2.32. The molecule has 0 aliphatic rings. The van der Waals surface area contributed by atoms with E-state index in [1.54, 1.807) is 12.1 Å². The Hall–Kier alpha value is -6.31. The smallest absolute Gasteiger partial charge is 0.308 e. The molecule has 6 aromatic carbocycles. The molecule has 8 aromatic rings. The molecule has 0 fully saturated rings. The van der Waals surface area contributed by atoms with Crippen LogP contribution >= 0.6 is 0 Å². The highest BCUT2D eigenvalue weighted by Crippen LogP contribution is 2.44. The molecule has 0 spiro atoms. The number of nitrogens with zero attached hydrogens (tertiary/aromatic N) is 4. The number of aryl methyl sites for hydroxylation is 2. The van der Waals surface area contributed by atoms with Crippen molar-refractivity contribution in [2.75, 3.05) is 0 Å². The van der Waals surface area contributed by atoms with Crippen LogP contribution in [0.15, 0.2) is 115 Å². The summed E-state index contributed by atoms with van der Waals surface area (Å²) in [5, 5.41) is 24.3. The number of aromatic nitrogens is 2. The van der Waals surface area contributed by atoms with Crippen molar-refractivity contribution >= 4 is 43.6 Å². The quantitative estimate of drug-likeness (QED) is 0.195. The van der Waals surface area contributed by atoms with Gasteiger partial charge in [-0.2, -0.15) is 23.7 Å². The lowest BCUT2D eigenvalue weighted by Crippen LogP contribution is -2.08. The Morgan fingerprint density at radius 3 is 1.46 bits per heavy atom. The molecule has 0 aliphatic carbocycles. The van der Waals surface area contributed by atoms with Gasteiger partial charge >= 0.3 is 6.18 Å². The predicted octanol–water partition coefficient (Wildman–Crippen LogP) is 10.9. The Kier molecular flexibility index (Phi) is 6.44. The first kappa shape index (κ1) is 29.1. The number of benzene rings is 6. The van der Waals surface area contributed by atoms with Crippen LogP contribution in [-0.2, 0) is 6.18 Å². The number of rotatable bonds is 3. The molecule has 0 aliphatic heterocycles. The summed E-state index contributed by atoms with van der Waals surface area (Å²) in [6.07, 6.45) is -4.69. The lowest BCUT2D eigenvalue weighted by Gasteiger charge is -2.22. The van der Waals surface area contributed by atoms with E-state index in [1.807, 2.05) is 102 Å². The minimum absolute atomic E-state index is 0.114. The minimum Gasteiger partial charge on any atom is -0.308 e. The van der Waals surface area contributed by atoms with Crippen LogP contribution in [0.2, 0.25) is 0 Å². The van der Waals surface area contributed by atoms with E-state index in [2.05, 4.69) is 18.2 Å². The zero-order chi connectivity index (χ0) is 33.3. The summed E-state index contributed by atoms with van der Waals surface area (Å²) < 4.78 is 47.3. The molecular weight excluding hydrogens is 605 g/mol. The van der Waals surface area contributed by atoms with Gasteiger partial charge in [0.15, 0.2) is 0 Å². The standard InChI is InChI=1S/C41H25F3N4/c1-24-11-13-32-30-7-3-5-9-34(30)47(36(32)15-24)38-19-27(23-46)20-39(40(38)28-17-26(22-45)18-29(21-28)41(42,43)44)48-35-10-6-4-8-31(35)33-14-12-25(2)16-37(33)48/h3-21H,1-2H3. The predicted molar refractivity (Wildman–Crippen MR) is 184 cm³/mol. The Morgan fingerprint density at radius 1 is 0.521 bits per heavy atom. The SMILES string of the molecule is Cc1ccc2c3ccccc3n(-c3cc(C#N)cc(-n4c5ccccc5c5ccc(C)cc54)c3-c3cc(C#N)cc(C(F)(F)F)c3)c2c1. The zero-order valence-electron chi connectivity index (χ0n) is 25.9. The van der Waals surface area contributed by atoms with E-state index in [9.17, 15) is 23.7 Å². The third-order valence-electron chi connectivity index (χ3n) is 9.04. The fourth-order valence-electron chi connectivity index (χ4n) is 7.01. The summed E-state index contributed by atoms with van der Waals surface area (Å²) in [6.45, 7) is 3.98. The molecule has 0 atom stereocenters. The maximum atomic E-state index is 14.4. The van der Waals surface area contributed by atoms with Crippen LogP contribution in [0, 0.1) is 36.5 Å². The molecule has 0 radical (unpaired) electrons. The van der Waals surface area contributed by atoms with Gasteiger partial charge in [0.1, 0.15) is 0 Å². The number of hydrogen-bond donors (Lipinski definition) is 0. The van der Waals surface area contributed by atoms with Crippen molar-refractivity contribution in [2.24, 2.45) is 0 Å². The average Bonchev–Trinajstić information content (AvgIpc) is 3.58. The van der Waals surface area contributed by atoms with Crippen molar-refractivity contribution in [3.63, 3.8) is 0 Å². The number of hydrogen-bond acceptors (Lipinski definition) is 2. The molecule has 2 heterocycles. The Morgan fingerprint density at radius 2 is 0.979 bits per heavy atom. The normalized spacial score (nSPS) is 11.8. The number of para-hydroxylation sites is 2. The Labute approximate surface area is 273 Å². The van der Waals surface area contributed by atoms with Crippen LogP contribution in [0.3, 0.4) is 0 Å². The largest absolute Gasteiger partial charge is 0.416 e. The van der Waals surface area contributed by atoms with Crippen LogP contribution in [0.5, 0.6) is 0 Å². The molecule has 0 saturated heterocycles.